The topological polar surface area (TPSA) is 76.7 Å². The Labute approximate surface area is 183 Å². The molecule has 31 heavy (non-hydrogen) atoms. The molecule has 6 heteroatoms. The third-order valence-corrected chi connectivity index (χ3v) is 5.78. The van der Waals surface area contributed by atoms with Crippen LogP contribution in [0.25, 0.3) is 0 Å². The van der Waals surface area contributed by atoms with Crippen LogP contribution in [0.3, 0.4) is 0 Å². The Balaban J connectivity index is 1.26. The summed E-state index contributed by atoms with van der Waals surface area (Å²) in [6, 6.07) is 11.8. The number of rotatable bonds is 9. The molecular formula is C25H30N2O4. The van der Waals surface area contributed by atoms with Gasteiger partial charge in [-0.3, -0.25) is 9.59 Å². The van der Waals surface area contributed by atoms with Crippen molar-refractivity contribution in [3.63, 3.8) is 0 Å². The first-order valence-electron chi connectivity index (χ1n) is 11.2. The standard InChI is InChI=1S/C25H30N2O4/c1-2-3-21(27-25(29)15-18-5-7-23-20(13-18)9-11-31-23)16-26-24(28)14-17-4-6-22-19(12-17)8-10-30-22/h4-7,12-13,21H,2-3,8-11,14-16H2,1H3,(H,26,28)(H,27,29). The lowest BCUT2D eigenvalue weighted by molar-refractivity contribution is -0.123. The summed E-state index contributed by atoms with van der Waals surface area (Å²) in [6.07, 6.45) is 4.21. The molecule has 2 aromatic rings. The van der Waals surface area contributed by atoms with E-state index in [0.29, 0.717) is 32.6 Å². The summed E-state index contributed by atoms with van der Waals surface area (Å²) in [4.78, 5) is 25.0. The number of hydrogen-bond acceptors (Lipinski definition) is 4. The van der Waals surface area contributed by atoms with Crippen molar-refractivity contribution in [2.75, 3.05) is 19.8 Å². The zero-order chi connectivity index (χ0) is 21.6. The zero-order valence-corrected chi connectivity index (χ0v) is 18.0. The minimum absolute atomic E-state index is 0.0230. The summed E-state index contributed by atoms with van der Waals surface area (Å²) in [5.41, 5.74) is 4.31. The van der Waals surface area contributed by atoms with Crippen molar-refractivity contribution in [1.29, 1.82) is 0 Å². The molecule has 2 aromatic carbocycles. The van der Waals surface area contributed by atoms with Crippen molar-refractivity contribution in [2.24, 2.45) is 0 Å². The van der Waals surface area contributed by atoms with Gasteiger partial charge in [0.2, 0.25) is 11.8 Å². The average molecular weight is 423 g/mol. The second kappa shape index (κ2) is 9.86. The normalized spacial score (nSPS) is 14.7. The molecule has 2 aliphatic rings. The van der Waals surface area contributed by atoms with Gasteiger partial charge in [-0.05, 0) is 40.8 Å². The Morgan fingerprint density at radius 1 is 0.903 bits per heavy atom. The number of amides is 2. The first kappa shape index (κ1) is 21.2. The third-order valence-electron chi connectivity index (χ3n) is 5.78. The van der Waals surface area contributed by atoms with Gasteiger partial charge in [-0.15, -0.1) is 0 Å². The van der Waals surface area contributed by atoms with Crippen LogP contribution in [-0.2, 0) is 35.3 Å². The second-order valence-corrected chi connectivity index (χ2v) is 8.29. The molecule has 1 atom stereocenters. The third kappa shape index (κ3) is 5.57. The highest BCUT2D eigenvalue weighted by Gasteiger charge is 2.17. The van der Waals surface area contributed by atoms with E-state index in [-0.39, 0.29) is 17.9 Å². The van der Waals surface area contributed by atoms with Crippen LogP contribution in [-0.4, -0.2) is 37.6 Å². The molecule has 0 saturated carbocycles. The van der Waals surface area contributed by atoms with Gasteiger partial charge in [0.25, 0.3) is 0 Å². The summed E-state index contributed by atoms with van der Waals surface area (Å²) in [5, 5.41) is 6.07. The number of carbonyl (C=O) groups excluding carboxylic acids is 2. The van der Waals surface area contributed by atoms with Crippen LogP contribution in [0, 0.1) is 0 Å². The summed E-state index contributed by atoms with van der Waals surface area (Å²) >= 11 is 0. The number of ether oxygens (including phenoxy) is 2. The van der Waals surface area contributed by atoms with E-state index in [4.69, 9.17) is 9.47 Å². The molecular weight excluding hydrogens is 392 g/mol. The summed E-state index contributed by atoms with van der Waals surface area (Å²) in [6.45, 7) is 3.93. The van der Waals surface area contributed by atoms with Crippen LogP contribution < -0.4 is 20.1 Å². The molecule has 6 nitrogen and oxygen atoms in total. The predicted octanol–water partition coefficient (Wildman–Crippen LogP) is 2.74. The van der Waals surface area contributed by atoms with Gasteiger partial charge in [0.05, 0.1) is 26.1 Å². The molecule has 164 valence electrons. The van der Waals surface area contributed by atoms with E-state index < -0.39 is 0 Å². The molecule has 1 unspecified atom stereocenters. The molecule has 0 saturated heterocycles. The van der Waals surface area contributed by atoms with E-state index in [0.717, 1.165) is 48.3 Å². The van der Waals surface area contributed by atoms with Crippen LogP contribution in [0.1, 0.15) is 42.0 Å². The fraction of sp³-hybridized carbons (Fsp3) is 0.440. The molecule has 2 N–H and O–H groups in total. The fourth-order valence-electron chi connectivity index (χ4n) is 4.22. The Kier molecular flexibility index (Phi) is 6.75. The Hall–Kier alpha value is -3.02. The summed E-state index contributed by atoms with van der Waals surface area (Å²) in [5.74, 6) is 1.79. The smallest absolute Gasteiger partial charge is 0.224 e. The van der Waals surface area contributed by atoms with Gasteiger partial charge < -0.3 is 20.1 Å². The van der Waals surface area contributed by atoms with Crippen molar-refractivity contribution >= 4 is 11.8 Å². The van der Waals surface area contributed by atoms with E-state index in [1.165, 1.54) is 11.1 Å². The SMILES string of the molecule is CCCC(CNC(=O)Cc1ccc2c(c1)CCO2)NC(=O)Cc1ccc2c(c1)CCO2. The van der Waals surface area contributed by atoms with Crippen LogP contribution in [0.2, 0.25) is 0 Å². The lowest BCUT2D eigenvalue weighted by Gasteiger charge is -2.19. The number of hydrogen-bond donors (Lipinski definition) is 2. The van der Waals surface area contributed by atoms with Gasteiger partial charge in [-0.2, -0.15) is 0 Å². The molecule has 2 heterocycles. The van der Waals surface area contributed by atoms with Crippen molar-refractivity contribution in [3.8, 4) is 11.5 Å². The molecule has 2 aliphatic heterocycles. The monoisotopic (exact) mass is 422 g/mol. The molecule has 0 aliphatic carbocycles. The predicted molar refractivity (Wildman–Crippen MR) is 119 cm³/mol. The van der Waals surface area contributed by atoms with Crippen molar-refractivity contribution in [2.45, 2.75) is 51.5 Å². The van der Waals surface area contributed by atoms with E-state index in [2.05, 4.69) is 29.7 Å². The Morgan fingerprint density at radius 3 is 2.06 bits per heavy atom. The van der Waals surface area contributed by atoms with Crippen molar-refractivity contribution < 1.29 is 19.1 Å². The number of fused-ring (bicyclic) bond motifs is 2. The lowest BCUT2D eigenvalue weighted by Crippen LogP contribution is -2.44. The summed E-state index contributed by atoms with van der Waals surface area (Å²) in [7, 11) is 0. The average Bonchev–Trinajstić information content (AvgIpc) is 3.40. The fourth-order valence-corrected chi connectivity index (χ4v) is 4.22. The van der Waals surface area contributed by atoms with E-state index >= 15 is 0 Å². The van der Waals surface area contributed by atoms with E-state index in [1.807, 2.05) is 24.3 Å². The highest BCUT2D eigenvalue weighted by molar-refractivity contribution is 5.80. The van der Waals surface area contributed by atoms with Crippen LogP contribution in [0.4, 0.5) is 0 Å². The van der Waals surface area contributed by atoms with Crippen molar-refractivity contribution in [3.05, 3.63) is 58.7 Å². The van der Waals surface area contributed by atoms with Gasteiger partial charge >= 0.3 is 0 Å². The highest BCUT2D eigenvalue weighted by Crippen LogP contribution is 2.27. The molecule has 0 spiro atoms. The first-order valence-corrected chi connectivity index (χ1v) is 11.2. The lowest BCUT2D eigenvalue weighted by atomic mass is 10.0. The Bertz CT molecular complexity index is 957. The molecule has 4 rings (SSSR count). The van der Waals surface area contributed by atoms with Gasteiger partial charge in [0.1, 0.15) is 11.5 Å². The maximum absolute atomic E-state index is 12.6. The molecule has 0 fully saturated rings. The quantitative estimate of drug-likeness (QED) is 0.652. The van der Waals surface area contributed by atoms with Gasteiger partial charge in [-0.25, -0.2) is 0 Å². The van der Waals surface area contributed by atoms with Crippen LogP contribution >= 0.6 is 0 Å². The first-order chi connectivity index (χ1) is 15.1. The van der Waals surface area contributed by atoms with Gasteiger partial charge in [-0.1, -0.05) is 37.6 Å². The number of nitrogens with one attached hydrogen (secondary N) is 2. The minimum Gasteiger partial charge on any atom is -0.493 e. The summed E-state index contributed by atoms with van der Waals surface area (Å²) < 4.78 is 11.0. The Morgan fingerprint density at radius 2 is 1.48 bits per heavy atom. The largest absolute Gasteiger partial charge is 0.493 e. The number of benzene rings is 2. The van der Waals surface area contributed by atoms with Crippen LogP contribution in [0.5, 0.6) is 11.5 Å². The maximum atomic E-state index is 12.6. The van der Waals surface area contributed by atoms with Gasteiger partial charge in [0.15, 0.2) is 0 Å². The molecule has 0 radical (unpaired) electrons. The second-order valence-electron chi connectivity index (χ2n) is 8.29. The minimum atomic E-state index is -0.0763. The van der Waals surface area contributed by atoms with Gasteiger partial charge in [0, 0.05) is 25.4 Å². The van der Waals surface area contributed by atoms with E-state index in [9.17, 15) is 9.59 Å². The highest BCUT2D eigenvalue weighted by atomic mass is 16.5. The molecule has 0 aromatic heterocycles. The number of carbonyl (C=O) groups is 2. The molecule has 0 bridgehead atoms. The molecule has 2 amide bonds. The van der Waals surface area contributed by atoms with E-state index in [1.54, 1.807) is 0 Å². The maximum Gasteiger partial charge on any atom is 0.224 e. The van der Waals surface area contributed by atoms with Crippen LogP contribution in [0.15, 0.2) is 36.4 Å². The van der Waals surface area contributed by atoms with Crippen molar-refractivity contribution in [1.82, 2.24) is 10.6 Å². The zero-order valence-electron chi connectivity index (χ0n) is 18.0.